The second-order valence-electron chi connectivity index (χ2n) is 4.09. The molecule has 0 aliphatic heterocycles. The van der Waals surface area contributed by atoms with Gasteiger partial charge in [0.05, 0.1) is 6.54 Å². The van der Waals surface area contributed by atoms with Crippen LogP contribution in [0.25, 0.3) is 0 Å². The zero-order valence-corrected chi connectivity index (χ0v) is 12.4. The van der Waals surface area contributed by atoms with Crippen molar-refractivity contribution in [1.82, 2.24) is 9.71 Å². The minimum absolute atomic E-state index is 0.0385. The number of aromatic nitrogens is 1. The lowest BCUT2D eigenvalue weighted by Gasteiger charge is -2.06. The van der Waals surface area contributed by atoms with Crippen LogP contribution in [0, 0.1) is 5.82 Å². The van der Waals surface area contributed by atoms with E-state index in [9.17, 15) is 12.8 Å². The molecule has 0 aliphatic carbocycles. The number of aryl methyl sites for hydroxylation is 1. The second kappa shape index (κ2) is 5.86. The van der Waals surface area contributed by atoms with Gasteiger partial charge < -0.3 is 5.73 Å². The molecule has 2 aromatic rings. The van der Waals surface area contributed by atoms with Gasteiger partial charge in [0, 0.05) is 16.8 Å². The van der Waals surface area contributed by atoms with Crippen LogP contribution >= 0.6 is 11.3 Å². The molecule has 3 N–H and O–H groups in total. The first-order chi connectivity index (χ1) is 9.42. The number of anilines is 1. The van der Waals surface area contributed by atoms with E-state index in [0.29, 0.717) is 5.01 Å². The fourth-order valence-electron chi connectivity index (χ4n) is 1.56. The molecule has 0 spiro atoms. The first kappa shape index (κ1) is 14.9. The number of halogens is 1. The van der Waals surface area contributed by atoms with Crippen LogP contribution in [0.1, 0.15) is 16.8 Å². The lowest BCUT2D eigenvalue weighted by molar-refractivity contribution is 0.557. The van der Waals surface area contributed by atoms with Gasteiger partial charge in [-0.1, -0.05) is 6.92 Å². The van der Waals surface area contributed by atoms with Crippen molar-refractivity contribution in [2.45, 2.75) is 24.8 Å². The van der Waals surface area contributed by atoms with Crippen molar-refractivity contribution in [2.75, 3.05) is 5.73 Å². The summed E-state index contributed by atoms with van der Waals surface area (Å²) in [6.45, 7) is 2.03. The highest BCUT2D eigenvalue weighted by Crippen LogP contribution is 2.18. The maximum atomic E-state index is 13.6. The monoisotopic (exact) mass is 315 g/mol. The Morgan fingerprint density at radius 1 is 1.45 bits per heavy atom. The maximum absolute atomic E-state index is 13.6. The summed E-state index contributed by atoms with van der Waals surface area (Å²) in [5, 5.41) is 0.640. The molecule has 0 radical (unpaired) electrons. The van der Waals surface area contributed by atoms with Gasteiger partial charge in [0.1, 0.15) is 15.7 Å². The Labute approximate surface area is 120 Å². The molecule has 1 heterocycles. The van der Waals surface area contributed by atoms with E-state index in [2.05, 4.69) is 9.71 Å². The number of sulfonamides is 1. The zero-order chi connectivity index (χ0) is 14.8. The van der Waals surface area contributed by atoms with Crippen molar-refractivity contribution >= 4 is 27.0 Å². The molecule has 0 aliphatic rings. The molecule has 108 valence electrons. The van der Waals surface area contributed by atoms with Crippen LogP contribution in [-0.2, 0) is 23.0 Å². The van der Waals surface area contributed by atoms with Crippen molar-refractivity contribution in [2.24, 2.45) is 0 Å². The van der Waals surface area contributed by atoms with E-state index in [0.717, 1.165) is 23.4 Å². The molecule has 0 bridgehead atoms. The minimum atomic E-state index is -3.92. The van der Waals surface area contributed by atoms with Gasteiger partial charge in [0.15, 0.2) is 0 Å². The smallest absolute Gasteiger partial charge is 0.243 e. The number of hydrogen-bond acceptors (Lipinski definition) is 5. The predicted octanol–water partition coefficient (Wildman–Crippen LogP) is 1.91. The minimum Gasteiger partial charge on any atom is -0.399 e. The molecule has 0 fully saturated rings. The van der Waals surface area contributed by atoms with Crippen molar-refractivity contribution in [1.29, 1.82) is 0 Å². The van der Waals surface area contributed by atoms with E-state index in [1.54, 1.807) is 6.20 Å². The van der Waals surface area contributed by atoms with Crippen LogP contribution in [0.4, 0.5) is 10.1 Å². The molecule has 1 aromatic carbocycles. The van der Waals surface area contributed by atoms with E-state index >= 15 is 0 Å². The summed E-state index contributed by atoms with van der Waals surface area (Å²) < 4.78 is 39.9. The van der Waals surface area contributed by atoms with Crippen LogP contribution < -0.4 is 10.5 Å². The van der Waals surface area contributed by atoms with Crippen molar-refractivity contribution < 1.29 is 12.8 Å². The Kier molecular flexibility index (Phi) is 4.36. The van der Waals surface area contributed by atoms with Crippen LogP contribution in [0.15, 0.2) is 29.3 Å². The number of hydrogen-bond donors (Lipinski definition) is 2. The fourth-order valence-corrected chi connectivity index (χ4v) is 3.50. The van der Waals surface area contributed by atoms with E-state index in [-0.39, 0.29) is 12.2 Å². The molecule has 20 heavy (non-hydrogen) atoms. The molecule has 0 amide bonds. The summed E-state index contributed by atoms with van der Waals surface area (Å²) in [4.78, 5) is 4.75. The summed E-state index contributed by atoms with van der Waals surface area (Å²) >= 11 is 1.42. The first-order valence-corrected chi connectivity index (χ1v) is 8.20. The van der Waals surface area contributed by atoms with Gasteiger partial charge in [-0.15, -0.1) is 11.3 Å². The van der Waals surface area contributed by atoms with Crippen LogP contribution in [-0.4, -0.2) is 13.4 Å². The highest BCUT2D eigenvalue weighted by atomic mass is 32.2. The predicted molar refractivity (Wildman–Crippen MR) is 76.3 cm³/mol. The molecule has 1 aromatic heterocycles. The molecule has 0 atom stereocenters. The Bertz CT molecular complexity index is 713. The standard InChI is InChI=1S/C12H14FN3O2S2/c1-2-9-6-15-12(19-9)7-16-20(17,18)11-4-3-8(14)5-10(11)13/h3-6,16H,2,7,14H2,1H3. The summed E-state index contributed by atoms with van der Waals surface area (Å²) in [5.41, 5.74) is 5.57. The molecular weight excluding hydrogens is 301 g/mol. The Hall–Kier alpha value is -1.51. The number of nitrogen functional groups attached to an aromatic ring is 1. The largest absolute Gasteiger partial charge is 0.399 e. The number of nitrogens with zero attached hydrogens (tertiary/aromatic N) is 1. The first-order valence-electron chi connectivity index (χ1n) is 5.90. The van der Waals surface area contributed by atoms with Crippen molar-refractivity contribution in [3.05, 3.63) is 40.1 Å². The van der Waals surface area contributed by atoms with Crippen LogP contribution in [0.3, 0.4) is 0 Å². The number of benzene rings is 1. The molecule has 2 rings (SSSR count). The average molecular weight is 315 g/mol. The average Bonchev–Trinajstić information content (AvgIpc) is 2.84. The molecule has 5 nitrogen and oxygen atoms in total. The lowest BCUT2D eigenvalue weighted by atomic mass is 10.3. The number of nitrogens with one attached hydrogen (secondary N) is 1. The van der Waals surface area contributed by atoms with Gasteiger partial charge in [-0.2, -0.15) is 0 Å². The topological polar surface area (TPSA) is 85.1 Å². The van der Waals surface area contributed by atoms with E-state index in [1.165, 1.54) is 17.4 Å². The van der Waals surface area contributed by atoms with Gasteiger partial charge in [-0.25, -0.2) is 22.5 Å². The number of rotatable bonds is 5. The Balaban J connectivity index is 2.14. The quantitative estimate of drug-likeness (QED) is 0.825. The lowest BCUT2D eigenvalue weighted by Crippen LogP contribution is -2.24. The fraction of sp³-hybridized carbons (Fsp3) is 0.250. The highest BCUT2D eigenvalue weighted by Gasteiger charge is 2.19. The van der Waals surface area contributed by atoms with Gasteiger partial charge in [0.25, 0.3) is 0 Å². The van der Waals surface area contributed by atoms with E-state index in [4.69, 9.17) is 5.73 Å². The van der Waals surface area contributed by atoms with E-state index in [1.807, 2.05) is 6.92 Å². The molecule has 0 saturated carbocycles. The molecule has 8 heteroatoms. The Morgan fingerprint density at radius 3 is 2.80 bits per heavy atom. The highest BCUT2D eigenvalue weighted by molar-refractivity contribution is 7.89. The summed E-state index contributed by atoms with van der Waals surface area (Å²) in [7, 11) is -3.92. The van der Waals surface area contributed by atoms with Crippen molar-refractivity contribution in [3.8, 4) is 0 Å². The summed E-state index contributed by atoms with van der Waals surface area (Å²) in [6, 6.07) is 3.47. The third-order valence-corrected chi connectivity index (χ3v) is 5.18. The van der Waals surface area contributed by atoms with Gasteiger partial charge >= 0.3 is 0 Å². The zero-order valence-electron chi connectivity index (χ0n) is 10.8. The molecule has 0 unspecified atom stereocenters. The summed E-state index contributed by atoms with van der Waals surface area (Å²) in [6.07, 6.45) is 2.55. The molecule has 0 saturated heterocycles. The van der Waals surface area contributed by atoms with Gasteiger partial charge in [-0.3, -0.25) is 0 Å². The third-order valence-electron chi connectivity index (χ3n) is 2.61. The van der Waals surface area contributed by atoms with Crippen LogP contribution in [0.5, 0.6) is 0 Å². The summed E-state index contributed by atoms with van der Waals surface area (Å²) in [5.74, 6) is -0.870. The number of nitrogens with two attached hydrogens (primary N) is 1. The van der Waals surface area contributed by atoms with E-state index < -0.39 is 20.7 Å². The Morgan fingerprint density at radius 2 is 2.20 bits per heavy atom. The van der Waals surface area contributed by atoms with Gasteiger partial charge in [0.2, 0.25) is 10.0 Å². The second-order valence-corrected chi connectivity index (χ2v) is 7.02. The van der Waals surface area contributed by atoms with Crippen LogP contribution in [0.2, 0.25) is 0 Å². The van der Waals surface area contributed by atoms with Gasteiger partial charge in [-0.05, 0) is 24.6 Å². The maximum Gasteiger partial charge on any atom is 0.243 e. The van der Waals surface area contributed by atoms with Crippen molar-refractivity contribution in [3.63, 3.8) is 0 Å². The molecular formula is C12H14FN3O2S2. The third kappa shape index (κ3) is 3.33. The number of thiazole rings is 1. The SMILES string of the molecule is CCc1cnc(CNS(=O)(=O)c2ccc(N)cc2F)s1. The normalized spacial score (nSPS) is 11.7.